The highest BCUT2D eigenvalue weighted by molar-refractivity contribution is 7.13. The first-order chi connectivity index (χ1) is 9.74. The van der Waals surface area contributed by atoms with Gasteiger partial charge in [0.25, 0.3) is 5.91 Å². The summed E-state index contributed by atoms with van der Waals surface area (Å²) in [7, 11) is 1.54. The van der Waals surface area contributed by atoms with Crippen molar-refractivity contribution in [3.8, 4) is 10.6 Å². The lowest BCUT2D eigenvalue weighted by Gasteiger charge is -2.15. The van der Waals surface area contributed by atoms with Gasteiger partial charge in [0.2, 0.25) is 0 Å². The van der Waals surface area contributed by atoms with Crippen LogP contribution in [0.2, 0.25) is 0 Å². The average Bonchev–Trinajstić information content (AvgIpc) is 3.10. The number of ether oxygens (including phenoxy) is 1. The van der Waals surface area contributed by atoms with Crippen LogP contribution in [0.4, 0.5) is 0 Å². The van der Waals surface area contributed by atoms with Gasteiger partial charge in [0.15, 0.2) is 11.5 Å². The van der Waals surface area contributed by atoms with Crippen molar-refractivity contribution in [3.63, 3.8) is 0 Å². The average molecular weight is 296 g/mol. The number of carbonyl (C=O) groups excluding carboxylic acids is 1. The van der Waals surface area contributed by atoms with Crippen molar-refractivity contribution >= 4 is 17.2 Å². The summed E-state index contributed by atoms with van der Waals surface area (Å²) in [6.07, 6.45) is 0.426. The van der Waals surface area contributed by atoms with E-state index in [0.29, 0.717) is 18.8 Å². The Labute approximate surface area is 120 Å². The van der Waals surface area contributed by atoms with E-state index in [1.165, 1.54) is 11.3 Å². The summed E-state index contributed by atoms with van der Waals surface area (Å²) in [4.78, 5) is 12.9. The van der Waals surface area contributed by atoms with Crippen molar-refractivity contribution in [2.24, 2.45) is 0 Å². The molecule has 7 heteroatoms. The molecule has 0 saturated carbocycles. The van der Waals surface area contributed by atoms with Crippen LogP contribution in [-0.4, -0.2) is 42.5 Å². The van der Waals surface area contributed by atoms with Crippen LogP contribution >= 0.6 is 11.3 Å². The fourth-order valence-electron chi connectivity index (χ4n) is 1.73. The number of hydrogen-bond acceptors (Lipinski definition) is 6. The molecular formula is C13H16N2O4S. The summed E-state index contributed by atoms with van der Waals surface area (Å²) in [5, 5.41) is 17.4. The van der Waals surface area contributed by atoms with Gasteiger partial charge in [-0.05, 0) is 17.9 Å². The Morgan fingerprint density at radius 1 is 1.65 bits per heavy atom. The van der Waals surface area contributed by atoms with Gasteiger partial charge >= 0.3 is 0 Å². The maximum atomic E-state index is 12.0. The minimum Gasteiger partial charge on any atom is -0.396 e. The number of aliphatic hydroxyl groups is 1. The van der Waals surface area contributed by atoms with Gasteiger partial charge in [0, 0.05) is 19.8 Å². The molecular weight excluding hydrogens is 280 g/mol. The zero-order valence-electron chi connectivity index (χ0n) is 11.0. The number of rotatable bonds is 7. The lowest BCUT2D eigenvalue weighted by molar-refractivity contribution is 0.0870. The van der Waals surface area contributed by atoms with Crippen LogP contribution in [0.25, 0.3) is 10.6 Å². The zero-order chi connectivity index (χ0) is 14.4. The second-order valence-electron chi connectivity index (χ2n) is 4.19. The summed E-state index contributed by atoms with van der Waals surface area (Å²) in [6, 6.07) is 5.15. The topological polar surface area (TPSA) is 84.6 Å². The molecule has 2 aromatic heterocycles. The molecule has 0 spiro atoms. The Balaban J connectivity index is 2.02. The van der Waals surface area contributed by atoms with Gasteiger partial charge in [0.05, 0.1) is 17.5 Å². The molecule has 0 aromatic carbocycles. The third-order valence-corrected chi connectivity index (χ3v) is 3.57. The first kappa shape index (κ1) is 14.7. The molecule has 2 N–H and O–H groups in total. The molecule has 108 valence electrons. The van der Waals surface area contributed by atoms with Crippen LogP contribution in [0, 0.1) is 0 Å². The predicted molar refractivity (Wildman–Crippen MR) is 74.6 cm³/mol. The number of aliphatic hydroxyl groups excluding tert-OH is 1. The van der Waals surface area contributed by atoms with E-state index in [0.717, 1.165) is 4.88 Å². The van der Waals surface area contributed by atoms with Crippen molar-refractivity contribution in [1.29, 1.82) is 0 Å². The number of nitrogens with zero attached hydrogens (tertiary/aromatic N) is 1. The lowest BCUT2D eigenvalue weighted by Crippen LogP contribution is -2.38. The zero-order valence-corrected chi connectivity index (χ0v) is 11.9. The highest BCUT2D eigenvalue weighted by Gasteiger charge is 2.17. The van der Waals surface area contributed by atoms with Crippen LogP contribution in [0.3, 0.4) is 0 Å². The summed E-state index contributed by atoms with van der Waals surface area (Å²) in [6.45, 7) is 0.315. The third-order valence-electron chi connectivity index (χ3n) is 2.69. The standard InChI is InChI=1S/C13H16N2O4S/c1-18-8-9(4-5-16)14-13(17)10-7-11(19-15-10)12-3-2-6-20-12/h2-3,6-7,9,16H,4-5,8H2,1H3,(H,14,17). The molecule has 20 heavy (non-hydrogen) atoms. The van der Waals surface area contributed by atoms with Gasteiger partial charge in [-0.1, -0.05) is 11.2 Å². The second kappa shape index (κ2) is 7.18. The fourth-order valence-corrected chi connectivity index (χ4v) is 2.40. The number of nitrogens with one attached hydrogen (secondary N) is 1. The molecule has 2 rings (SSSR count). The summed E-state index contributed by atoms with van der Waals surface area (Å²) >= 11 is 1.51. The number of hydrogen-bond donors (Lipinski definition) is 2. The van der Waals surface area contributed by atoms with E-state index in [1.54, 1.807) is 13.2 Å². The van der Waals surface area contributed by atoms with Gasteiger partial charge in [0.1, 0.15) is 0 Å². The molecule has 2 aromatic rings. The lowest BCUT2D eigenvalue weighted by atomic mass is 10.2. The SMILES string of the molecule is COCC(CCO)NC(=O)c1cc(-c2cccs2)on1. The Bertz CT molecular complexity index is 532. The normalized spacial score (nSPS) is 12.3. The molecule has 6 nitrogen and oxygen atoms in total. The summed E-state index contributed by atoms with van der Waals surface area (Å²) < 4.78 is 10.1. The molecule has 1 unspecified atom stereocenters. The molecule has 0 aliphatic carbocycles. The fraction of sp³-hybridized carbons (Fsp3) is 0.385. The molecule has 1 amide bonds. The van der Waals surface area contributed by atoms with Crippen LogP contribution < -0.4 is 5.32 Å². The van der Waals surface area contributed by atoms with Gasteiger partial charge in [-0.25, -0.2) is 0 Å². The van der Waals surface area contributed by atoms with Crippen LogP contribution in [0.15, 0.2) is 28.1 Å². The van der Waals surface area contributed by atoms with E-state index < -0.39 is 0 Å². The highest BCUT2D eigenvalue weighted by atomic mass is 32.1. The van der Waals surface area contributed by atoms with Crippen LogP contribution in [-0.2, 0) is 4.74 Å². The van der Waals surface area contributed by atoms with Crippen molar-refractivity contribution in [2.75, 3.05) is 20.3 Å². The largest absolute Gasteiger partial charge is 0.396 e. The summed E-state index contributed by atoms with van der Waals surface area (Å²) in [5.74, 6) is 0.225. The summed E-state index contributed by atoms with van der Waals surface area (Å²) in [5.41, 5.74) is 0.215. The van der Waals surface area contributed by atoms with E-state index in [9.17, 15) is 4.79 Å². The maximum absolute atomic E-state index is 12.0. The molecule has 0 radical (unpaired) electrons. The van der Waals surface area contributed by atoms with Crippen molar-refractivity contribution in [1.82, 2.24) is 10.5 Å². The number of aromatic nitrogens is 1. The Kier molecular flexibility index (Phi) is 5.28. The van der Waals surface area contributed by atoms with Crippen molar-refractivity contribution in [2.45, 2.75) is 12.5 Å². The van der Waals surface area contributed by atoms with E-state index >= 15 is 0 Å². The number of thiophene rings is 1. The Morgan fingerprint density at radius 2 is 2.50 bits per heavy atom. The Morgan fingerprint density at radius 3 is 3.15 bits per heavy atom. The van der Waals surface area contributed by atoms with E-state index in [-0.39, 0.29) is 24.2 Å². The van der Waals surface area contributed by atoms with Crippen LogP contribution in [0.1, 0.15) is 16.9 Å². The molecule has 1 atom stereocenters. The van der Waals surface area contributed by atoms with Gasteiger partial charge < -0.3 is 19.7 Å². The van der Waals surface area contributed by atoms with Gasteiger partial charge in [-0.2, -0.15) is 0 Å². The number of methoxy groups -OCH3 is 1. The quantitative estimate of drug-likeness (QED) is 0.809. The molecule has 0 fully saturated rings. The minimum atomic E-state index is -0.341. The number of carbonyl (C=O) groups is 1. The maximum Gasteiger partial charge on any atom is 0.273 e. The minimum absolute atomic E-state index is 0.0203. The molecule has 0 aliphatic rings. The predicted octanol–water partition coefficient (Wildman–Crippen LogP) is 1.53. The van der Waals surface area contributed by atoms with Gasteiger partial charge in [-0.3, -0.25) is 4.79 Å². The number of amides is 1. The first-order valence-electron chi connectivity index (χ1n) is 6.16. The monoisotopic (exact) mass is 296 g/mol. The van der Waals surface area contributed by atoms with Crippen LogP contribution in [0.5, 0.6) is 0 Å². The molecule has 0 bridgehead atoms. The molecule has 0 aliphatic heterocycles. The van der Waals surface area contributed by atoms with Gasteiger partial charge in [-0.15, -0.1) is 11.3 Å². The van der Waals surface area contributed by atoms with Crippen molar-refractivity contribution in [3.05, 3.63) is 29.3 Å². The van der Waals surface area contributed by atoms with Crippen molar-refractivity contribution < 1.29 is 19.2 Å². The third kappa shape index (κ3) is 3.66. The van der Waals surface area contributed by atoms with E-state index in [2.05, 4.69) is 10.5 Å². The highest BCUT2D eigenvalue weighted by Crippen LogP contribution is 2.25. The smallest absolute Gasteiger partial charge is 0.273 e. The molecule has 2 heterocycles. The molecule has 0 saturated heterocycles. The van der Waals surface area contributed by atoms with E-state index in [4.69, 9.17) is 14.4 Å². The first-order valence-corrected chi connectivity index (χ1v) is 7.03. The second-order valence-corrected chi connectivity index (χ2v) is 5.14. The Hall–Kier alpha value is -1.70. The van der Waals surface area contributed by atoms with E-state index in [1.807, 2.05) is 17.5 Å².